The van der Waals surface area contributed by atoms with Gasteiger partial charge in [-0.05, 0) is 53.8 Å². The number of thiol groups is 1. The Bertz CT molecular complexity index is 1340. The lowest BCUT2D eigenvalue weighted by Gasteiger charge is -2.09. The maximum Gasteiger partial charge on any atom is 0.251 e. The molecule has 0 saturated carbocycles. The number of hydrogen-bond acceptors (Lipinski definition) is 8. The van der Waals surface area contributed by atoms with Crippen LogP contribution in [-0.2, 0) is 0 Å². The number of aromatic nitrogens is 2. The second kappa shape index (κ2) is 21.2. The summed E-state index contributed by atoms with van der Waals surface area (Å²) >= 11 is 8.71. The van der Waals surface area contributed by atoms with Crippen LogP contribution >= 0.6 is 47.1 Å². The van der Waals surface area contributed by atoms with E-state index in [1.54, 1.807) is 52.1 Å². The van der Waals surface area contributed by atoms with Crippen LogP contribution in [0.2, 0.25) is 0 Å². The number of carbonyl (C=O) groups excluding carboxylic acids is 1. The summed E-state index contributed by atoms with van der Waals surface area (Å²) in [6, 6.07) is 9.65. The van der Waals surface area contributed by atoms with E-state index in [1.807, 2.05) is 62.6 Å². The van der Waals surface area contributed by atoms with Crippen molar-refractivity contribution in [1.82, 2.24) is 15.3 Å². The van der Waals surface area contributed by atoms with Crippen molar-refractivity contribution in [2.45, 2.75) is 65.0 Å². The molecule has 0 fully saturated rings. The molecule has 0 spiro atoms. The average Bonchev–Trinajstić information content (AvgIpc) is 3.66. The molecule has 0 aliphatic rings. The number of carbonyl (C=O) groups is 1. The largest absolute Gasteiger partial charge is 0.397 e. The highest BCUT2D eigenvalue weighted by Crippen LogP contribution is 2.45. The molecule has 222 valence electrons. The Labute approximate surface area is 264 Å². The average molecular weight is 629 g/mol. The first-order valence-corrected chi connectivity index (χ1v) is 17.2. The van der Waals surface area contributed by atoms with Gasteiger partial charge in [-0.15, -0.1) is 41.0 Å². The predicted octanol–water partition coefficient (Wildman–Crippen LogP) is 10.4. The van der Waals surface area contributed by atoms with Crippen molar-refractivity contribution < 1.29 is 4.79 Å². The van der Waals surface area contributed by atoms with Crippen molar-refractivity contribution in [3.8, 4) is 21.8 Å². The highest BCUT2D eigenvalue weighted by Gasteiger charge is 2.19. The Morgan fingerprint density at radius 3 is 2.51 bits per heavy atom. The van der Waals surface area contributed by atoms with E-state index in [-0.39, 0.29) is 5.91 Å². The van der Waals surface area contributed by atoms with E-state index in [1.165, 1.54) is 6.42 Å². The molecule has 0 aliphatic heterocycles. The zero-order valence-electron chi connectivity index (χ0n) is 25.1. The smallest absolute Gasteiger partial charge is 0.251 e. The van der Waals surface area contributed by atoms with Gasteiger partial charge in [-0.1, -0.05) is 71.7 Å². The molecule has 3 N–H and O–H groups in total. The quantitative estimate of drug-likeness (QED) is 0.0744. The summed E-state index contributed by atoms with van der Waals surface area (Å²) < 4.78 is 1.10. The lowest BCUT2D eigenvalue weighted by molar-refractivity contribution is 0.0958. The third kappa shape index (κ3) is 11.3. The van der Waals surface area contributed by atoms with Gasteiger partial charge in [0, 0.05) is 29.1 Å². The molecule has 3 aromatic heterocycles. The first kappa shape index (κ1) is 36.4. The van der Waals surface area contributed by atoms with Gasteiger partial charge in [0.05, 0.1) is 9.90 Å². The van der Waals surface area contributed by atoms with Crippen LogP contribution in [0.5, 0.6) is 0 Å². The van der Waals surface area contributed by atoms with Gasteiger partial charge in [-0.25, -0.2) is 9.97 Å². The lowest BCUT2D eigenvalue weighted by Crippen LogP contribution is -2.23. The van der Waals surface area contributed by atoms with E-state index in [0.29, 0.717) is 12.1 Å². The van der Waals surface area contributed by atoms with Crippen LogP contribution in [0.4, 0.5) is 5.69 Å². The minimum atomic E-state index is -0.133. The number of nitrogen functional groups attached to an aromatic ring is 1. The molecule has 5 nitrogen and oxygen atoms in total. The van der Waals surface area contributed by atoms with Crippen LogP contribution in [0.1, 0.15) is 71.2 Å². The van der Waals surface area contributed by atoms with Gasteiger partial charge in [0.1, 0.15) is 15.5 Å². The third-order valence-corrected chi connectivity index (χ3v) is 8.61. The first-order chi connectivity index (χ1) is 19.9. The summed E-state index contributed by atoms with van der Waals surface area (Å²) in [7, 11) is 0. The Hall–Kier alpha value is -2.59. The fraction of sp³-hybridized carbons (Fsp3) is 0.344. The van der Waals surface area contributed by atoms with Crippen LogP contribution in [0, 0.1) is 0 Å². The molecule has 41 heavy (non-hydrogen) atoms. The lowest BCUT2D eigenvalue weighted by atomic mass is 9.99. The zero-order chi connectivity index (χ0) is 30.6. The highest BCUT2D eigenvalue weighted by atomic mass is 32.2. The molecular weight excluding hydrogens is 585 g/mol. The standard InChI is InChI=1S/C24H24N4OS3.C3H6S.C3H8.C2H6/c1-3-5-11-31-24-20(25)19-17(14-18(28-23(19)32-24)22-27-10-12-30-22)15-7-6-8-16(13-15)21(29)26-9-4-2;1-2-3-4;1-3-2;1-2/h4,6-8,10,12-14H,2-3,5,9,11,25H2,1H3,(H,26,29);2-4H,1H3;3H2,1-2H3;1-2H3/b;3-2-;;. The number of thioether (sulfide) groups is 1. The van der Waals surface area contributed by atoms with Crippen molar-refractivity contribution in [1.29, 1.82) is 0 Å². The van der Waals surface area contributed by atoms with Gasteiger partial charge in [-0.2, -0.15) is 12.6 Å². The van der Waals surface area contributed by atoms with E-state index in [0.717, 1.165) is 60.5 Å². The number of hydrogen-bond donors (Lipinski definition) is 3. The molecule has 0 aliphatic carbocycles. The maximum atomic E-state index is 12.5. The number of nitrogens with one attached hydrogen (secondary N) is 1. The molecule has 4 aromatic rings. The monoisotopic (exact) mass is 628 g/mol. The maximum absolute atomic E-state index is 12.5. The minimum absolute atomic E-state index is 0.133. The summed E-state index contributed by atoms with van der Waals surface area (Å²) in [4.78, 5) is 22.8. The van der Waals surface area contributed by atoms with Crippen molar-refractivity contribution in [2.24, 2.45) is 0 Å². The molecule has 9 heteroatoms. The molecule has 1 amide bonds. The number of amides is 1. The molecule has 0 saturated heterocycles. The second-order valence-corrected chi connectivity index (χ2v) is 11.9. The minimum Gasteiger partial charge on any atom is -0.397 e. The van der Waals surface area contributed by atoms with Gasteiger partial charge in [0.2, 0.25) is 0 Å². The molecular formula is C32H44N4OS4. The Morgan fingerprint density at radius 2 is 1.93 bits per heavy atom. The molecule has 0 bridgehead atoms. The summed E-state index contributed by atoms with van der Waals surface area (Å²) in [6.07, 6.45) is 8.85. The van der Waals surface area contributed by atoms with Crippen LogP contribution in [0.15, 0.2) is 70.3 Å². The van der Waals surface area contributed by atoms with Gasteiger partial charge in [-0.3, -0.25) is 4.79 Å². The highest BCUT2D eigenvalue weighted by molar-refractivity contribution is 8.01. The van der Waals surface area contributed by atoms with E-state index < -0.39 is 0 Å². The zero-order valence-corrected chi connectivity index (χ0v) is 28.4. The number of nitrogens with two attached hydrogens (primary N) is 1. The fourth-order valence-electron chi connectivity index (χ4n) is 3.30. The first-order valence-electron chi connectivity index (χ1n) is 14.0. The number of anilines is 1. The number of nitrogens with zero attached hydrogens (tertiary/aromatic N) is 2. The Kier molecular flexibility index (Phi) is 18.8. The third-order valence-electron chi connectivity index (χ3n) is 5.04. The number of fused-ring (bicyclic) bond motifs is 1. The second-order valence-electron chi connectivity index (χ2n) is 8.35. The fourth-order valence-corrected chi connectivity index (χ4v) is 6.35. The SMILES string of the molecule is C/C=C\S.C=CCNC(=O)c1cccc(-c2cc(-c3nccs3)nc3sc(SCCCC)c(N)c23)c1.CC.CCC. The molecule has 4 rings (SSSR count). The van der Waals surface area contributed by atoms with E-state index in [4.69, 9.17) is 10.7 Å². The van der Waals surface area contributed by atoms with E-state index in [2.05, 4.69) is 50.3 Å². The number of thiophene rings is 1. The van der Waals surface area contributed by atoms with Crippen molar-refractivity contribution in [2.75, 3.05) is 18.0 Å². The number of pyridine rings is 1. The van der Waals surface area contributed by atoms with Crippen LogP contribution in [-0.4, -0.2) is 28.2 Å². The number of unbranched alkanes of at least 4 members (excludes halogenated alkanes) is 1. The van der Waals surface area contributed by atoms with Gasteiger partial charge >= 0.3 is 0 Å². The number of thiazole rings is 1. The summed E-state index contributed by atoms with van der Waals surface area (Å²) in [5, 5.41) is 8.28. The summed E-state index contributed by atoms with van der Waals surface area (Å²) in [5.74, 6) is 0.896. The molecule has 3 heterocycles. The van der Waals surface area contributed by atoms with Crippen molar-refractivity contribution in [3.05, 3.63) is 71.6 Å². The van der Waals surface area contributed by atoms with Crippen molar-refractivity contribution >= 4 is 68.9 Å². The topological polar surface area (TPSA) is 80.9 Å². The van der Waals surface area contributed by atoms with Gasteiger partial charge < -0.3 is 11.1 Å². The van der Waals surface area contributed by atoms with Gasteiger partial charge in [0.15, 0.2) is 0 Å². The van der Waals surface area contributed by atoms with Crippen molar-refractivity contribution in [3.63, 3.8) is 0 Å². The molecule has 0 atom stereocenters. The normalized spacial score (nSPS) is 10.1. The van der Waals surface area contributed by atoms with Crippen LogP contribution < -0.4 is 11.1 Å². The molecule has 0 unspecified atom stereocenters. The Morgan fingerprint density at radius 1 is 1.22 bits per heavy atom. The number of allylic oxidation sites excluding steroid dienone is 1. The van der Waals surface area contributed by atoms with E-state index in [9.17, 15) is 4.79 Å². The predicted molar refractivity (Wildman–Crippen MR) is 190 cm³/mol. The molecule has 0 radical (unpaired) electrons. The van der Waals surface area contributed by atoms with Crippen LogP contribution in [0.3, 0.4) is 0 Å². The number of benzene rings is 1. The van der Waals surface area contributed by atoms with Crippen LogP contribution in [0.25, 0.3) is 32.0 Å². The molecule has 1 aromatic carbocycles. The summed E-state index contributed by atoms with van der Waals surface area (Å²) in [5.41, 5.74) is 10.7. The Balaban J connectivity index is 0.000000830. The van der Waals surface area contributed by atoms with E-state index >= 15 is 0 Å². The number of rotatable bonds is 9. The summed E-state index contributed by atoms with van der Waals surface area (Å²) in [6.45, 7) is 16.4. The van der Waals surface area contributed by atoms with Gasteiger partial charge in [0.25, 0.3) is 5.91 Å².